The molecule has 2 aliphatic rings. The molecule has 0 N–H and O–H groups in total. The van der Waals surface area contributed by atoms with Crippen molar-refractivity contribution in [1.29, 1.82) is 0 Å². The number of amides is 1. The van der Waals surface area contributed by atoms with Crippen LogP contribution in [0.1, 0.15) is 33.6 Å². The van der Waals surface area contributed by atoms with Gasteiger partial charge >= 0.3 is 0 Å². The molecule has 5 heteroatoms. The van der Waals surface area contributed by atoms with Crippen molar-refractivity contribution in [1.82, 2.24) is 9.80 Å². The van der Waals surface area contributed by atoms with E-state index < -0.39 is 0 Å². The number of fused-ring (bicyclic) bond motifs is 1. The maximum absolute atomic E-state index is 12.7. The van der Waals surface area contributed by atoms with Gasteiger partial charge in [-0.3, -0.25) is 9.69 Å². The molecule has 0 bridgehead atoms. The highest BCUT2D eigenvalue weighted by Crippen LogP contribution is 2.28. The van der Waals surface area contributed by atoms with Crippen LogP contribution in [0.4, 0.5) is 0 Å². The van der Waals surface area contributed by atoms with Crippen molar-refractivity contribution < 1.29 is 4.79 Å². The van der Waals surface area contributed by atoms with E-state index in [-0.39, 0.29) is 5.91 Å². The highest BCUT2D eigenvalue weighted by Gasteiger charge is 2.29. The van der Waals surface area contributed by atoms with Crippen molar-refractivity contribution in [2.75, 3.05) is 19.6 Å². The Morgan fingerprint density at radius 2 is 1.92 bits per heavy atom. The smallest absolute Gasteiger partial charge is 0.254 e. The Labute approximate surface area is 155 Å². The molecule has 1 aromatic carbocycles. The van der Waals surface area contributed by atoms with Gasteiger partial charge in [0.15, 0.2) is 0 Å². The van der Waals surface area contributed by atoms with Crippen LogP contribution in [0, 0.1) is 0 Å². The topological polar surface area (TPSA) is 23.6 Å². The molecule has 0 aliphatic carbocycles. The monoisotopic (exact) mass is 404 g/mol. The van der Waals surface area contributed by atoms with Gasteiger partial charge in [0.2, 0.25) is 0 Å². The maximum atomic E-state index is 12.7. The molecule has 3 heterocycles. The largest absolute Gasteiger partial charge is 0.338 e. The summed E-state index contributed by atoms with van der Waals surface area (Å²) in [6.07, 6.45) is 3.34. The van der Waals surface area contributed by atoms with Crippen molar-refractivity contribution in [3.05, 3.63) is 56.2 Å². The van der Waals surface area contributed by atoms with Crippen LogP contribution in [-0.2, 0) is 13.0 Å². The van der Waals surface area contributed by atoms with Crippen LogP contribution in [0.5, 0.6) is 0 Å². The number of likely N-dealkylation sites (tertiary alicyclic amines) is 1. The number of thiophene rings is 1. The fourth-order valence-corrected chi connectivity index (χ4v) is 5.17. The Kier molecular flexibility index (Phi) is 4.74. The molecule has 24 heavy (non-hydrogen) atoms. The van der Waals surface area contributed by atoms with Crippen LogP contribution in [0.3, 0.4) is 0 Å². The number of halogens is 1. The van der Waals surface area contributed by atoms with E-state index in [1.54, 1.807) is 4.88 Å². The van der Waals surface area contributed by atoms with Crippen LogP contribution in [0.25, 0.3) is 0 Å². The first kappa shape index (κ1) is 16.3. The molecule has 0 radical (unpaired) electrons. The second-order valence-corrected chi connectivity index (χ2v) is 8.45. The first-order valence-electron chi connectivity index (χ1n) is 8.55. The van der Waals surface area contributed by atoms with Crippen molar-refractivity contribution in [2.24, 2.45) is 0 Å². The van der Waals surface area contributed by atoms with Crippen LogP contribution >= 0.6 is 27.3 Å². The Morgan fingerprint density at radius 1 is 1.12 bits per heavy atom. The van der Waals surface area contributed by atoms with Gasteiger partial charge in [-0.1, -0.05) is 12.1 Å². The summed E-state index contributed by atoms with van der Waals surface area (Å²) in [5.74, 6) is 0.152. The molecule has 2 aliphatic heterocycles. The van der Waals surface area contributed by atoms with E-state index in [9.17, 15) is 4.79 Å². The summed E-state index contributed by atoms with van der Waals surface area (Å²) in [5, 5.41) is 2.22. The molecule has 126 valence electrons. The number of piperidine rings is 1. The van der Waals surface area contributed by atoms with Crippen molar-refractivity contribution >= 4 is 33.2 Å². The van der Waals surface area contributed by atoms with Crippen LogP contribution < -0.4 is 0 Å². The quantitative estimate of drug-likeness (QED) is 0.749. The van der Waals surface area contributed by atoms with Crippen molar-refractivity contribution in [3.8, 4) is 0 Å². The van der Waals surface area contributed by atoms with E-state index in [0.717, 1.165) is 49.1 Å². The minimum atomic E-state index is 0.152. The van der Waals surface area contributed by atoms with Crippen molar-refractivity contribution in [3.63, 3.8) is 0 Å². The highest BCUT2D eigenvalue weighted by molar-refractivity contribution is 9.10. The summed E-state index contributed by atoms with van der Waals surface area (Å²) in [7, 11) is 0. The molecule has 1 fully saturated rings. The highest BCUT2D eigenvalue weighted by atomic mass is 79.9. The second kappa shape index (κ2) is 6.98. The standard InChI is InChI=1S/C19H21BrN2OS/c20-17-4-2-1-3-16(17)19(23)21-9-5-15(6-10-21)22-11-7-18-14(13-22)8-12-24-18/h1-4,8,12,15H,5-7,9-11,13H2. The number of carbonyl (C=O) groups is 1. The number of benzene rings is 1. The van der Waals surface area contributed by atoms with E-state index in [1.165, 1.54) is 12.0 Å². The average Bonchev–Trinajstić information content (AvgIpc) is 3.09. The minimum Gasteiger partial charge on any atom is -0.338 e. The molecule has 1 aromatic heterocycles. The lowest BCUT2D eigenvalue weighted by Crippen LogP contribution is -2.48. The number of nitrogens with zero attached hydrogens (tertiary/aromatic N) is 2. The molecule has 0 saturated carbocycles. The zero-order chi connectivity index (χ0) is 16.5. The molecule has 2 aromatic rings. The Balaban J connectivity index is 1.37. The van der Waals surface area contributed by atoms with Gasteiger partial charge in [-0.05, 0) is 64.3 Å². The van der Waals surface area contributed by atoms with Crippen LogP contribution in [0.2, 0.25) is 0 Å². The summed E-state index contributed by atoms with van der Waals surface area (Å²) in [4.78, 5) is 18.9. The summed E-state index contributed by atoms with van der Waals surface area (Å²) in [6, 6.07) is 10.6. The Hall–Kier alpha value is -1.17. The minimum absolute atomic E-state index is 0.152. The van der Waals surface area contributed by atoms with Gasteiger partial charge in [0.1, 0.15) is 0 Å². The zero-order valence-corrected chi connectivity index (χ0v) is 16.0. The van der Waals surface area contributed by atoms with Gasteiger partial charge in [0.05, 0.1) is 5.56 Å². The molecule has 0 unspecified atom stereocenters. The predicted molar refractivity (Wildman–Crippen MR) is 102 cm³/mol. The average molecular weight is 405 g/mol. The van der Waals surface area contributed by atoms with Crippen molar-refractivity contribution in [2.45, 2.75) is 31.8 Å². The Morgan fingerprint density at radius 3 is 2.71 bits per heavy atom. The number of rotatable bonds is 2. The third-order valence-corrected chi connectivity index (χ3v) is 6.92. The summed E-state index contributed by atoms with van der Waals surface area (Å²) in [5.41, 5.74) is 2.29. The first-order valence-corrected chi connectivity index (χ1v) is 10.2. The van der Waals surface area contributed by atoms with Gasteiger partial charge < -0.3 is 4.90 Å². The van der Waals surface area contributed by atoms with E-state index in [1.807, 2.05) is 40.5 Å². The lowest BCUT2D eigenvalue weighted by molar-refractivity contribution is 0.0599. The molecule has 0 atom stereocenters. The third kappa shape index (κ3) is 3.17. The molecular formula is C19H21BrN2OS. The molecule has 4 rings (SSSR count). The molecule has 1 saturated heterocycles. The number of hydrogen-bond donors (Lipinski definition) is 0. The lowest BCUT2D eigenvalue weighted by Gasteiger charge is -2.40. The number of carbonyl (C=O) groups excluding carboxylic acids is 1. The number of hydrogen-bond acceptors (Lipinski definition) is 3. The summed E-state index contributed by atoms with van der Waals surface area (Å²) in [6.45, 7) is 3.97. The zero-order valence-electron chi connectivity index (χ0n) is 13.6. The first-order chi connectivity index (χ1) is 11.7. The molecule has 3 nitrogen and oxygen atoms in total. The van der Waals surface area contributed by atoms with E-state index >= 15 is 0 Å². The second-order valence-electron chi connectivity index (χ2n) is 6.59. The normalized spacial score (nSPS) is 19.3. The fraction of sp³-hybridized carbons (Fsp3) is 0.421. The molecule has 0 spiro atoms. The van der Waals surface area contributed by atoms with Crippen LogP contribution in [-0.4, -0.2) is 41.4 Å². The fourth-order valence-electron chi connectivity index (χ4n) is 3.82. The SMILES string of the molecule is O=C(c1ccccc1Br)N1CCC(N2CCc3sccc3C2)CC1. The maximum Gasteiger partial charge on any atom is 0.254 e. The third-order valence-electron chi connectivity index (χ3n) is 5.21. The molecular weight excluding hydrogens is 384 g/mol. The van der Waals surface area contributed by atoms with Gasteiger partial charge in [0, 0.05) is 41.6 Å². The van der Waals surface area contributed by atoms with Gasteiger partial charge in [-0.2, -0.15) is 0 Å². The van der Waals surface area contributed by atoms with Gasteiger partial charge in [0.25, 0.3) is 5.91 Å². The van der Waals surface area contributed by atoms with E-state index in [0.29, 0.717) is 6.04 Å². The Bertz CT molecular complexity index is 736. The summed E-state index contributed by atoms with van der Waals surface area (Å²) >= 11 is 5.39. The lowest BCUT2D eigenvalue weighted by atomic mass is 9.99. The van der Waals surface area contributed by atoms with E-state index in [2.05, 4.69) is 32.3 Å². The predicted octanol–water partition coefficient (Wildman–Crippen LogP) is 4.17. The van der Waals surface area contributed by atoms with Gasteiger partial charge in [-0.15, -0.1) is 11.3 Å². The molecule has 1 amide bonds. The van der Waals surface area contributed by atoms with Gasteiger partial charge in [-0.25, -0.2) is 0 Å². The van der Waals surface area contributed by atoms with E-state index in [4.69, 9.17) is 0 Å². The van der Waals surface area contributed by atoms with Crippen LogP contribution in [0.15, 0.2) is 40.2 Å². The summed E-state index contributed by atoms with van der Waals surface area (Å²) < 4.78 is 0.887.